The molecule has 0 spiro atoms. The predicted octanol–water partition coefficient (Wildman–Crippen LogP) is 0.703. The number of amides is 1. The van der Waals surface area contributed by atoms with Crippen LogP contribution in [0.1, 0.15) is 27.7 Å². The second kappa shape index (κ2) is 13.1. The smallest absolute Gasteiger partial charge is 0.410 e. The van der Waals surface area contributed by atoms with Crippen molar-refractivity contribution in [3.05, 3.63) is 0 Å². The number of nitrogens with zero attached hydrogens (tertiary/aromatic N) is 2. The maximum absolute atomic E-state index is 11.5. The number of carbonyl (C=O) groups excluding carboxylic acids is 2. The van der Waals surface area contributed by atoms with Gasteiger partial charge >= 0.3 is 12.1 Å². The van der Waals surface area contributed by atoms with Gasteiger partial charge in [0.2, 0.25) is 0 Å². The predicted molar refractivity (Wildman–Crippen MR) is 104 cm³/mol. The molecule has 154 valence electrons. The highest BCUT2D eigenvalue weighted by Gasteiger charge is 2.22. The molecule has 0 aromatic heterocycles. The Bertz CT molecular complexity index is 406. The Morgan fingerprint density at radius 2 is 1.46 bits per heavy atom. The van der Waals surface area contributed by atoms with E-state index in [0.717, 1.165) is 52.4 Å². The molecule has 2 rings (SSSR count). The van der Waals surface area contributed by atoms with Crippen LogP contribution in [0.4, 0.5) is 4.79 Å². The first-order valence-electron chi connectivity index (χ1n) is 9.09. The van der Waals surface area contributed by atoms with Crippen molar-refractivity contribution in [1.82, 2.24) is 20.4 Å². The molecule has 26 heavy (non-hydrogen) atoms. The number of nitrogens with one attached hydrogen (secondary N) is 2. The van der Waals surface area contributed by atoms with Gasteiger partial charge in [0.25, 0.3) is 0 Å². The topological polar surface area (TPSA) is 83.1 Å². The molecule has 0 bridgehead atoms. The SMILES string of the molecule is CC(C)(C)OC(=O)N1CCNCC1.CCOC(=O)CN1CCNCC1.Cl. The average molecular weight is 395 g/mol. The van der Waals surface area contributed by atoms with Crippen molar-refractivity contribution in [2.75, 3.05) is 65.5 Å². The van der Waals surface area contributed by atoms with E-state index in [2.05, 4.69) is 15.5 Å². The van der Waals surface area contributed by atoms with Crippen molar-refractivity contribution >= 4 is 24.5 Å². The molecule has 2 aliphatic heterocycles. The van der Waals surface area contributed by atoms with Gasteiger partial charge < -0.3 is 25.0 Å². The summed E-state index contributed by atoms with van der Waals surface area (Å²) in [6.07, 6.45) is -0.200. The number of carbonyl (C=O) groups is 2. The van der Waals surface area contributed by atoms with E-state index in [1.54, 1.807) is 4.90 Å². The van der Waals surface area contributed by atoms with Crippen molar-refractivity contribution < 1.29 is 19.1 Å². The molecule has 0 aromatic rings. The van der Waals surface area contributed by atoms with Crippen molar-refractivity contribution in [2.45, 2.75) is 33.3 Å². The van der Waals surface area contributed by atoms with Crippen LogP contribution in [0.15, 0.2) is 0 Å². The van der Waals surface area contributed by atoms with Crippen molar-refractivity contribution in [1.29, 1.82) is 0 Å². The number of halogens is 1. The van der Waals surface area contributed by atoms with Crippen LogP contribution in [0.3, 0.4) is 0 Å². The summed E-state index contributed by atoms with van der Waals surface area (Å²) in [5.41, 5.74) is -0.387. The van der Waals surface area contributed by atoms with Crippen LogP contribution >= 0.6 is 12.4 Å². The summed E-state index contributed by atoms with van der Waals surface area (Å²) >= 11 is 0. The summed E-state index contributed by atoms with van der Waals surface area (Å²) in [5, 5.41) is 6.41. The van der Waals surface area contributed by atoms with Crippen LogP contribution in [0.5, 0.6) is 0 Å². The van der Waals surface area contributed by atoms with E-state index in [-0.39, 0.29) is 30.1 Å². The van der Waals surface area contributed by atoms with Gasteiger partial charge in [-0.05, 0) is 27.7 Å². The number of hydrogen-bond acceptors (Lipinski definition) is 7. The Labute approximate surface area is 163 Å². The summed E-state index contributed by atoms with van der Waals surface area (Å²) in [4.78, 5) is 26.4. The Kier molecular flexibility index (Phi) is 12.6. The lowest BCUT2D eigenvalue weighted by Gasteiger charge is -2.30. The van der Waals surface area contributed by atoms with Crippen LogP contribution in [0.25, 0.3) is 0 Å². The first-order valence-corrected chi connectivity index (χ1v) is 9.09. The molecule has 0 aromatic carbocycles. The number of esters is 1. The van der Waals surface area contributed by atoms with E-state index in [4.69, 9.17) is 9.47 Å². The number of hydrogen-bond donors (Lipinski definition) is 2. The van der Waals surface area contributed by atoms with Crippen molar-refractivity contribution in [2.24, 2.45) is 0 Å². The highest BCUT2D eigenvalue weighted by molar-refractivity contribution is 5.85. The number of rotatable bonds is 3. The molecule has 0 saturated carbocycles. The van der Waals surface area contributed by atoms with Crippen LogP contribution in [0.2, 0.25) is 0 Å². The van der Waals surface area contributed by atoms with E-state index in [1.807, 2.05) is 27.7 Å². The molecule has 2 heterocycles. The highest BCUT2D eigenvalue weighted by Crippen LogP contribution is 2.09. The van der Waals surface area contributed by atoms with Gasteiger partial charge in [0.1, 0.15) is 5.60 Å². The fraction of sp³-hybridized carbons (Fsp3) is 0.882. The first-order chi connectivity index (χ1) is 11.8. The standard InChI is InChI=1S/C9H18N2O2.C8H16N2O2.ClH/c1-9(2,3)13-8(12)11-6-4-10-5-7-11;1-2-12-8(11)7-10-5-3-9-4-6-10;/h10H,4-7H2,1-3H3;9H,2-7H2,1H3;1H. The second-order valence-electron chi connectivity index (χ2n) is 7.05. The highest BCUT2D eigenvalue weighted by atomic mass is 35.5. The van der Waals surface area contributed by atoms with Gasteiger partial charge in [-0.3, -0.25) is 9.69 Å². The maximum atomic E-state index is 11.5. The molecular weight excluding hydrogens is 360 g/mol. The normalized spacial score (nSPS) is 18.1. The minimum Gasteiger partial charge on any atom is -0.465 e. The van der Waals surface area contributed by atoms with Crippen LogP contribution in [0, 0.1) is 0 Å². The summed E-state index contributed by atoms with van der Waals surface area (Å²) in [7, 11) is 0. The van der Waals surface area contributed by atoms with Crippen LogP contribution in [-0.2, 0) is 14.3 Å². The molecule has 0 radical (unpaired) electrons. The summed E-state index contributed by atoms with van der Waals surface area (Å²) in [6.45, 7) is 15.4. The van der Waals surface area contributed by atoms with E-state index in [0.29, 0.717) is 13.2 Å². The van der Waals surface area contributed by atoms with Gasteiger partial charge in [-0.15, -0.1) is 12.4 Å². The molecule has 0 aliphatic carbocycles. The van der Waals surface area contributed by atoms with E-state index >= 15 is 0 Å². The van der Waals surface area contributed by atoms with Gasteiger partial charge in [-0.1, -0.05) is 0 Å². The van der Waals surface area contributed by atoms with Gasteiger partial charge in [0.05, 0.1) is 13.2 Å². The first kappa shape index (κ1) is 24.9. The lowest BCUT2D eigenvalue weighted by molar-refractivity contribution is -0.144. The lowest BCUT2D eigenvalue weighted by atomic mass is 10.2. The third-order valence-corrected chi connectivity index (χ3v) is 3.64. The fourth-order valence-corrected chi connectivity index (χ4v) is 2.43. The number of ether oxygens (including phenoxy) is 2. The molecule has 1 amide bonds. The molecule has 2 aliphatic rings. The molecule has 2 saturated heterocycles. The molecule has 2 fully saturated rings. The summed E-state index contributed by atoms with van der Waals surface area (Å²) in [6, 6.07) is 0. The zero-order valence-corrected chi connectivity index (χ0v) is 17.3. The minimum absolute atomic E-state index is 0. The van der Waals surface area contributed by atoms with Gasteiger partial charge in [0.15, 0.2) is 0 Å². The van der Waals surface area contributed by atoms with Crippen LogP contribution in [-0.4, -0.2) is 93.0 Å². The largest absolute Gasteiger partial charge is 0.465 e. The van der Waals surface area contributed by atoms with E-state index in [9.17, 15) is 9.59 Å². The summed E-state index contributed by atoms with van der Waals surface area (Å²) < 4.78 is 10.1. The Hall–Kier alpha value is -1.09. The van der Waals surface area contributed by atoms with E-state index < -0.39 is 0 Å². The van der Waals surface area contributed by atoms with Crippen LogP contribution < -0.4 is 10.6 Å². The monoisotopic (exact) mass is 394 g/mol. The van der Waals surface area contributed by atoms with E-state index in [1.165, 1.54) is 0 Å². The third kappa shape index (κ3) is 11.5. The van der Waals surface area contributed by atoms with Crippen molar-refractivity contribution in [3.8, 4) is 0 Å². The molecule has 2 N–H and O–H groups in total. The Balaban J connectivity index is 0.000000464. The number of piperazine rings is 2. The fourth-order valence-electron chi connectivity index (χ4n) is 2.43. The average Bonchev–Trinajstić information content (AvgIpc) is 2.56. The Morgan fingerprint density at radius 1 is 0.962 bits per heavy atom. The molecule has 9 heteroatoms. The van der Waals surface area contributed by atoms with Gasteiger partial charge in [-0.2, -0.15) is 0 Å². The molecule has 0 atom stereocenters. The quantitative estimate of drug-likeness (QED) is 0.682. The Morgan fingerprint density at radius 3 is 1.92 bits per heavy atom. The zero-order valence-electron chi connectivity index (χ0n) is 16.5. The maximum Gasteiger partial charge on any atom is 0.410 e. The zero-order chi connectivity index (χ0) is 18.7. The van der Waals surface area contributed by atoms with Gasteiger partial charge in [-0.25, -0.2) is 4.79 Å². The summed E-state index contributed by atoms with van der Waals surface area (Å²) in [5.74, 6) is -0.112. The molecule has 0 unspecified atom stereocenters. The lowest BCUT2D eigenvalue weighted by Crippen LogP contribution is -2.48. The van der Waals surface area contributed by atoms with Crippen molar-refractivity contribution in [3.63, 3.8) is 0 Å². The third-order valence-electron chi connectivity index (χ3n) is 3.64. The molecular formula is C17H35ClN4O4. The van der Waals surface area contributed by atoms with Gasteiger partial charge in [0, 0.05) is 52.4 Å². The second-order valence-corrected chi connectivity index (χ2v) is 7.05. The molecule has 8 nitrogen and oxygen atoms in total. The minimum atomic E-state index is -0.387.